The molecule has 1 unspecified atom stereocenters. The maximum atomic E-state index is 13.0. The SMILES string of the molecule is CCOC(=O)c1c(NC(=O)C[NH+](C)Cc2ccc(F)cc2)sc2c1CCC2. The number of amides is 1. The molecule has 0 saturated heterocycles. The van der Waals surface area contributed by atoms with Gasteiger partial charge in [0.05, 0.1) is 19.2 Å². The minimum absolute atomic E-state index is 0.153. The van der Waals surface area contributed by atoms with Gasteiger partial charge in [-0.15, -0.1) is 11.3 Å². The van der Waals surface area contributed by atoms with E-state index in [2.05, 4.69) is 5.32 Å². The van der Waals surface area contributed by atoms with Gasteiger partial charge in [0, 0.05) is 10.4 Å². The monoisotopic (exact) mass is 391 g/mol. The molecule has 1 aromatic carbocycles. The molecule has 3 rings (SSSR count). The van der Waals surface area contributed by atoms with Gasteiger partial charge in [0.2, 0.25) is 0 Å². The molecule has 1 aromatic heterocycles. The van der Waals surface area contributed by atoms with E-state index < -0.39 is 0 Å². The first kappa shape index (κ1) is 19.5. The second-order valence-electron chi connectivity index (χ2n) is 6.77. The van der Waals surface area contributed by atoms with E-state index in [9.17, 15) is 14.0 Å². The summed E-state index contributed by atoms with van der Waals surface area (Å²) in [6.07, 6.45) is 2.83. The Morgan fingerprint density at radius 3 is 2.70 bits per heavy atom. The highest BCUT2D eigenvalue weighted by Gasteiger charge is 2.28. The first-order chi connectivity index (χ1) is 13.0. The number of fused-ring (bicyclic) bond motifs is 1. The number of thiophene rings is 1. The molecule has 2 aromatic rings. The van der Waals surface area contributed by atoms with E-state index in [0.717, 1.165) is 35.3 Å². The van der Waals surface area contributed by atoms with Crippen molar-refractivity contribution in [3.05, 3.63) is 51.7 Å². The smallest absolute Gasteiger partial charge is 0.341 e. The highest BCUT2D eigenvalue weighted by molar-refractivity contribution is 7.17. The van der Waals surface area contributed by atoms with E-state index in [-0.39, 0.29) is 24.2 Å². The summed E-state index contributed by atoms with van der Waals surface area (Å²) < 4.78 is 18.2. The number of benzene rings is 1. The van der Waals surface area contributed by atoms with Gasteiger partial charge in [-0.2, -0.15) is 0 Å². The van der Waals surface area contributed by atoms with Crippen molar-refractivity contribution in [1.29, 1.82) is 0 Å². The number of hydrogen-bond acceptors (Lipinski definition) is 4. The molecular weight excluding hydrogens is 367 g/mol. The fourth-order valence-electron chi connectivity index (χ4n) is 3.37. The Kier molecular flexibility index (Phi) is 6.23. The number of nitrogens with one attached hydrogen (secondary N) is 2. The zero-order valence-corrected chi connectivity index (χ0v) is 16.4. The summed E-state index contributed by atoms with van der Waals surface area (Å²) in [5.41, 5.74) is 2.52. The average Bonchev–Trinajstić information content (AvgIpc) is 3.17. The molecule has 0 bridgehead atoms. The zero-order chi connectivity index (χ0) is 19.4. The molecule has 0 fully saturated rings. The third-order valence-electron chi connectivity index (χ3n) is 4.54. The number of likely N-dealkylation sites (N-methyl/N-ethyl adjacent to an activating group) is 1. The molecule has 2 N–H and O–H groups in total. The van der Waals surface area contributed by atoms with E-state index in [1.54, 1.807) is 19.1 Å². The van der Waals surface area contributed by atoms with Gasteiger partial charge in [-0.1, -0.05) is 12.1 Å². The van der Waals surface area contributed by atoms with Crippen molar-refractivity contribution in [3.63, 3.8) is 0 Å². The predicted molar refractivity (Wildman–Crippen MR) is 103 cm³/mol. The van der Waals surface area contributed by atoms with Gasteiger partial charge in [-0.05, 0) is 43.9 Å². The molecule has 144 valence electrons. The molecule has 0 saturated carbocycles. The minimum Gasteiger partial charge on any atom is -0.462 e. The molecule has 7 heteroatoms. The van der Waals surface area contributed by atoms with Crippen LogP contribution in [-0.4, -0.2) is 32.1 Å². The Morgan fingerprint density at radius 1 is 1.26 bits per heavy atom. The quantitative estimate of drug-likeness (QED) is 0.712. The Bertz CT molecular complexity index is 832. The van der Waals surface area contributed by atoms with Gasteiger partial charge in [-0.25, -0.2) is 9.18 Å². The number of esters is 1. The highest BCUT2D eigenvalue weighted by atomic mass is 32.1. The third kappa shape index (κ3) is 4.73. The number of ether oxygens (including phenoxy) is 1. The number of quaternary nitrogens is 1. The van der Waals surface area contributed by atoms with Crippen LogP contribution in [0.2, 0.25) is 0 Å². The second-order valence-corrected chi connectivity index (χ2v) is 7.87. The lowest BCUT2D eigenvalue weighted by atomic mass is 10.1. The Labute approximate surface area is 162 Å². The van der Waals surface area contributed by atoms with E-state index >= 15 is 0 Å². The maximum Gasteiger partial charge on any atom is 0.341 e. The fourth-order valence-corrected chi connectivity index (χ4v) is 4.66. The maximum absolute atomic E-state index is 13.0. The highest BCUT2D eigenvalue weighted by Crippen LogP contribution is 2.39. The van der Waals surface area contributed by atoms with E-state index in [1.807, 2.05) is 7.05 Å². The van der Waals surface area contributed by atoms with Crippen LogP contribution >= 0.6 is 11.3 Å². The predicted octanol–water partition coefficient (Wildman–Crippen LogP) is 2.21. The molecular formula is C20H24FN2O3S+. The topological polar surface area (TPSA) is 59.8 Å². The van der Waals surface area contributed by atoms with Crippen LogP contribution in [0.4, 0.5) is 9.39 Å². The summed E-state index contributed by atoms with van der Waals surface area (Å²) >= 11 is 1.48. The van der Waals surface area contributed by atoms with Crippen LogP contribution < -0.4 is 10.2 Å². The number of anilines is 1. The van der Waals surface area contributed by atoms with Crippen LogP contribution in [0.3, 0.4) is 0 Å². The third-order valence-corrected chi connectivity index (χ3v) is 5.74. The van der Waals surface area contributed by atoms with E-state index in [0.29, 0.717) is 23.7 Å². The standard InChI is InChI=1S/C20H23FN2O3S/c1-3-26-20(25)18-15-5-4-6-16(15)27-19(18)22-17(24)12-23(2)11-13-7-9-14(21)10-8-13/h7-10H,3-6,11-12H2,1-2H3,(H,22,24)/p+1. The molecule has 1 aliphatic rings. The van der Waals surface area contributed by atoms with Crippen molar-refractivity contribution in [1.82, 2.24) is 0 Å². The Morgan fingerprint density at radius 2 is 2.00 bits per heavy atom. The molecule has 1 aliphatic carbocycles. The normalized spacial score (nSPS) is 13.9. The molecule has 1 atom stereocenters. The van der Waals surface area contributed by atoms with Crippen LogP contribution in [0.25, 0.3) is 0 Å². The van der Waals surface area contributed by atoms with Gasteiger partial charge in [-0.3, -0.25) is 4.79 Å². The van der Waals surface area contributed by atoms with E-state index in [4.69, 9.17) is 4.74 Å². The minimum atomic E-state index is -0.362. The molecule has 5 nitrogen and oxygen atoms in total. The Balaban J connectivity index is 1.65. The lowest BCUT2D eigenvalue weighted by molar-refractivity contribution is -0.885. The second kappa shape index (κ2) is 8.63. The molecule has 1 amide bonds. The molecule has 0 radical (unpaired) electrons. The number of rotatable bonds is 7. The fraction of sp³-hybridized carbons (Fsp3) is 0.400. The number of halogens is 1. The zero-order valence-electron chi connectivity index (χ0n) is 15.6. The van der Waals surface area contributed by atoms with Gasteiger partial charge in [0.15, 0.2) is 6.54 Å². The van der Waals surface area contributed by atoms with Crippen LogP contribution in [0.15, 0.2) is 24.3 Å². The lowest BCUT2D eigenvalue weighted by Gasteiger charge is -2.14. The van der Waals surface area contributed by atoms with Gasteiger partial charge in [0.25, 0.3) is 5.91 Å². The van der Waals surface area contributed by atoms with Crippen molar-refractivity contribution < 1.29 is 23.6 Å². The first-order valence-corrected chi connectivity index (χ1v) is 9.96. The Hall–Kier alpha value is -2.25. The molecule has 1 heterocycles. The summed E-state index contributed by atoms with van der Waals surface area (Å²) in [5, 5.41) is 3.50. The van der Waals surface area contributed by atoms with Crippen LogP contribution in [0, 0.1) is 5.82 Å². The van der Waals surface area contributed by atoms with Crippen molar-refractivity contribution >= 4 is 28.2 Å². The summed E-state index contributed by atoms with van der Waals surface area (Å²) in [6, 6.07) is 6.28. The summed E-state index contributed by atoms with van der Waals surface area (Å²) in [4.78, 5) is 27.0. The van der Waals surface area contributed by atoms with Crippen molar-refractivity contribution in [2.24, 2.45) is 0 Å². The van der Waals surface area contributed by atoms with Gasteiger partial charge < -0.3 is 15.0 Å². The van der Waals surface area contributed by atoms with Crippen molar-refractivity contribution in [3.8, 4) is 0 Å². The number of carbonyl (C=O) groups excluding carboxylic acids is 2. The first-order valence-electron chi connectivity index (χ1n) is 9.15. The number of hydrogen-bond donors (Lipinski definition) is 2. The average molecular weight is 391 g/mol. The summed E-state index contributed by atoms with van der Waals surface area (Å²) in [5.74, 6) is -0.786. The van der Waals surface area contributed by atoms with Crippen molar-refractivity contribution in [2.45, 2.75) is 32.7 Å². The van der Waals surface area contributed by atoms with Crippen LogP contribution in [0.5, 0.6) is 0 Å². The number of carbonyl (C=O) groups is 2. The summed E-state index contributed by atoms with van der Waals surface area (Å²) in [7, 11) is 1.91. The largest absolute Gasteiger partial charge is 0.462 e. The number of aryl methyl sites for hydroxylation is 1. The summed E-state index contributed by atoms with van der Waals surface area (Å²) in [6.45, 7) is 2.94. The molecule has 0 aliphatic heterocycles. The van der Waals surface area contributed by atoms with E-state index in [1.165, 1.54) is 28.3 Å². The molecule has 0 spiro atoms. The van der Waals surface area contributed by atoms with Crippen LogP contribution in [-0.2, 0) is 28.9 Å². The van der Waals surface area contributed by atoms with Gasteiger partial charge >= 0.3 is 5.97 Å². The van der Waals surface area contributed by atoms with Crippen LogP contribution in [0.1, 0.15) is 39.7 Å². The van der Waals surface area contributed by atoms with Gasteiger partial charge in [0.1, 0.15) is 17.4 Å². The molecule has 27 heavy (non-hydrogen) atoms. The lowest BCUT2D eigenvalue weighted by Crippen LogP contribution is -3.08. The van der Waals surface area contributed by atoms with Crippen molar-refractivity contribution in [2.75, 3.05) is 25.5 Å².